The van der Waals surface area contributed by atoms with Crippen molar-refractivity contribution in [3.8, 4) is 44.5 Å². The molecule has 12 rings (SSSR count). The summed E-state index contributed by atoms with van der Waals surface area (Å²) in [6, 6.07) is 90.4. The molecule has 0 amide bonds. The molecule has 0 saturated heterocycles. The van der Waals surface area contributed by atoms with Crippen LogP contribution in [0.1, 0.15) is 22.3 Å². The highest BCUT2D eigenvalue weighted by Gasteiger charge is 2.47. The van der Waals surface area contributed by atoms with Gasteiger partial charge in [0.15, 0.2) is 0 Å². The number of anilines is 3. The Hall–Kier alpha value is -8.20. The lowest BCUT2D eigenvalue weighted by atomic mass is 9.68. The molecule has 0 unspecified atom stereocenters. The Kier molecular flexibility index (Phi) is 8.76. The van der Waals surface area contributed by atoms with Crippen LogP contribution in [0.4, 0.5) is 17.1 Å². The lowest BCUT2D eigenvalue weighted by Crippen LogP contribution is -2.28. The van der Waals surface area contributed by atoms with Gasteiger partial charge in [-0.25, -0.2) is 0 Å². The maximum absolute atomic E-state index is 6.33. The quantitative estimate of drug-likeness (QED) is 0.152. The zero-order valence-electron chi connectivity index (χ0n) is 34.5. The Morgan fingerprint density at radius 1 is 0.302 bits per heavy atom. The fourth-order valence-corrected chi connectivity index (χ4v) is 10.2. The SMILES string of the molecule is c1ccc(-c2ccc(-c3ccccc3N(c3ccccc3-c3ccc4oc5ccccc5c4c3)c3cccc4c3-c3ccccc3C4(c3ccccc3)c3ccccc3)cc2)cc1. The summed E-state index contributed by atoms with van der Waals surface area (Å²) in [4.78, 5) is 2.52. The van der Waals surface area contributed by atoms with Gasteiger partial charge >= 0.3 is 0 Å². The number of benzene rings is 10. The van der Waals surface area contributed by atoms with Crippen molar-refractivity contribution in [2.45, 2.75) is 5.41 Å². The van der Waals surface area contributed by atoms with Gasteiger partial charge in [0.2, 0.25) is 0 Å². The Morgan fingerprint density at radius 2 is 0.778 bits per heavy atom. The summed E-state index contributed by atoms with van der Waals surface area (Å²) in [5.41, 5.74) is 18.9. The van der Waals surface area contributed by atoms with Crippen LogP contribution < -0.4 is 4.90 Å². The van der Waals surface area contributed by atoms with Crippen LogP contribution in [0.5, 0.6) is 0 Å². The van der Waals surface area contributed by atoms with Crippen molar-refractivity contribution in [2.75, 3.05) is 4.90 Å². The zero-order chi connectivity index (χ0) is 41.7. The second-order valence-corrected chi connectivity index (χ2v) is 16.3. The lowest BCUT2D eigenvalue weighted by Gasteiger charge is -2.35. The molecule has 296 valence electrons. The van der Waals surface area contributed by atoms with Crippen LogP contribution in [0.2, 0.25) is 0 Å². The van der Waals surface area contributed by atoms with E-state index in [1.165, 1.54) is 44.5 Å². The van der Waals surface area contributed by atoms with Crippen LogP contribution in [-0.2, 0) is 5.41 Å². The van der Waals surface area contributed by atoms with Crippen molar-refractivity contribution in [3.63, 3.8) is 0 Å². The molecule has 2 heteroatoms. The van der Waals surface area contributed by atoms with Gasteiger partial charge in [-0.15, -0.1) is 0 Å². The van der Waals surface area contributed by atoms with E-state index in [-0.39, 0.29) is 0 Å². The smallest absolute Gasteiger partial charge is 0.135 e. The molecule has 0 atom stereocenters. The highest BCUT2D eigenvalue weighted by atomic mass is 16.3. The summed E-state index contributed by atoms with van der Waals surface area (Å²) in [6.45, 7) is 0. The Bertz CT molecular complexity index is 3400. The molecule has 0 bridgehead atoms. The van der Waals surface area contributed by atoms with Gasteiger partial charge in [0.25, 0.3) is 0 Å². The van der Waals surface area contributed by atoms with Crippen molar-refractivity contribution in [3.05, 3.63) is 271 Å². The first-order valence-corrected chi connectivity index (χ1v) is 21.7. The molecule has 0 saturated carbocycles. The maximum Gasteiger partial charge on any atom is 0.135 e. The van der Waals surface area contributed by atoms with Crippen molar-refractivity contribution < 1.29 is 4.42 Å². The van der Waals surface area contributed by atoms with E-state index in [4.69, 9.17) is 4.42 Å². The Labute approximate surface area is 367 Å². The van der Waals surface area contributed by atoms with E-state index in [9.17, 15) is 0 Å². The van der Waals surface area contributed by atoms with Gasteiger partial charge in [0.05, 0.1) is 22.5 Å². The topological polar surface area (TPSA) is 16.4 Å². The normalized spacial score (nSPS) is 12.6. The summed E-state index contributed by atoms with van der Waals surface area (Å²) in [7, 11) is 0. The molecule has 0 radical (unpaired) electrons. The van der Waals surface area contributed by atoms with Crippen molar-refractivity contribution in [1.29, 1.82) is 0 Å². The van der Waals surface area contributed by atoms with Crippen LogP contribution in [0, 0.1) is 0 Å². The second kappa shape index (κ2) is 15.1. The zero-order valence-corrected chi connectivity index (χ0v) is 34.5. The molecule has 0 fully saturated rings. The van der Waals surface area contributed by atoms with Gasteiger partial charge in [-0.3, -0.25) is 0 Å². The van der Waals surface area contributed by atoms with E-state index in [0.717, 1.165) is 61.3 Å². The number of furan rings is 1. The van der Waals surface area contributed by atoms with E-state index >= 15 is 0 Å². The number of nitrogens with zero attached hydrogens (tertiary/aromatic N) is 1. The van der Waals surface area contributed by atoms with Gasteiger partial charge < -0.3 is 9.32 Å². The molecule has 2 nitrogen and oxygen atoms in total. The standard InChI is InChI=1S/C61H41NO/c1-4-19-42(20-5-1)43-35-37-44(38-36-43)48-25-11-15-31-55(48)62(56-32-16-12-26-49(56)45-39-40-59-52(41-45)50-27-13-17-34-58(50)63-59)57-33-18-30-54-60(57)51-28-10-14-29-53(51)61(54,46-21-6-2-7-22-46)47-23-8-3-9-24-47/h1-41H. The first-order chi connectivity index (χ1) is 31.3. The minimum Gasteiger partial charge on any atom is -0.456 e. The molecule has 1 heterocycles. The van der Waals surface area contributed by atoms with Gasteiger partial charge in [0.1, 0.15) is 11.2 Å². The van der Waals surface area contributed by atoms with E-state index in [1.807, 2.05) is 12.1 Å². The summed E-state index contributed by atoms with van der Waals surface area (Å²) >= 11 is 0. The number of hydrogen-bond acceptors (Lipinski definition) is 2. The predicted octanol–water partition coefficient (Wildman–Crippen LogP) is 16.4. The van der Waals surface area contributed by atoms with Gasteiger partial charge in [-0.2, -0.15) is 0 Å². The number of rotatable bonds is 8. The third-order valence-electron chi connectivity index (χ3n) is 13.0. The average molecular weight is 804 g/mol. The summed E-state index contributed by atoms with van der Waals surface area (Å²) in [5, 5.41) is 2.22. The second-order valence-electron chi connectivity index (χ2n) is 16.3. The molecule has 1 aliphatic carbocycles. The minimum absolute atomic E-state index is 0.546. The number of hydrogen-bond donors (Lipinski definition) is 0. The van der Waals surface area contributed by atoms with E-state index in [0.29, 0.717) is 0 Å². The van der Waals surface area contributed by atoms with Crippen LogP contribution in [0.3, 0.4) is 0 Å². The largest absolute Gasteiger partial charge is 0.456 e. The molecule has 0 aliphatic heterocycles. The predicted molar refractivity (Wildman–Crippen MR) is 262 cm³/mol. The van der Waals surface area contributed by atoms with Crippen LogP contribution >= 0.6 is 0 Å². The van der Waals surface area contributed by atoms with Gasteiger partial charge in [-0.05, 0) is 86.5 Å². The van der Waals surface area contributed by atoms with Crippen molar-refractivity contribution in [2.24, 2.45) is 0 Å². The van der Waals surface area contributed by atoms with Crippen LogP contribution in [0.15, 0.2) is 253 Å². The highest BCUT2D eigenvalue weighted by Crippen LogP contribution is 2.60. The van der Waals surface area contributed by atoms with E-state index in [1.54, 1.807) is 0 Å². The number of fused-ring (bicyclic) bond motifs is 6. The highest BCUT2D eigenvalue weighted by molar-refractivity contribution is 6.07. The van der Waals surface area contributed by atoms with Crippen molar-refractivity contribution >= 4 is 39.0 Å². The van der Waals surface area contributed by atoms with Crippen LogP contribution in [0.25, 0.3) is 66.4 Å². The summed E-state index contributed by atoms with van der Waals surface area (Å²) in [5.74, 6) is 0. The minimum atomic E-state index is -0.546. The molecular weight excluding hydrogens is 763 g/mol. The van der Waals surface area contributed by atoms with Crippen molar-refractivity contribution in [1.82, 2.24) is 0 Å². The molecular formula is C61H41NO. The Morgan fingerprint density at radius 3 is 1.48 bits per heavy atom. The van der Waals surface area contributed by atoms with Gasteiger partial charge in [-0.1, -0.05) is 212 Å². The molecule has 1 aromatic heterocycles. The van der Waals surface area contributed by atoms with E-state index < -0.39 is 5.41 Å². The lowest BCUT2D eigenvalue weighted by molar-refractivity contribution is 0.669. The molecule has 63 heavy (non-hydrogen) atoms. The molecule has 11 aromatic rings. The number of para-hydroxylation sites is 3. The fraction of sp³-hybridized carbons (Fsp3) is 0.0164. The fourth-order valence-electron chi connectivity index (χ4n) is 10.2. The molecule has 1 aliphatic rings. The molecule has 0 N–H and O–H groups in total. The summed E-state index contributed by atoms with van der Waals surface area (Å²) < 4.78 is 6.33. The average Bonchev–Trinajstić information content (AvgIpc) is 3.89. The van der Waals surface area contributed by atoms with Gasteiger partial charge in [0, 0.05) is 27.5 Å². The summed E-state index contributed by atoms with van der Waals surface area (Å²) in [6.07, 6.45) is 0. The first-order valence-electron chi connectivity index (χ1n) is 21.7. The van der Waals surface area contributed by atoms with Crippen LogP contribution in [-0.4, -0.2) is 0 Å². The molecule has 10 aromatic carbocycles. The van der Waals surface area contributed by atoms with E-state index in [2.05, 4.69) is 241 Å². The first kappa shape index (κ1) is 36.6. The third-order valence-corrected chi connectivity index (χ3v) is 13.0. The monoisotopic (exact) mass is 803 g/mol. The third kappa shape index (κ3) is 5.87. The maximum atomic E-state index is 6.33. The molecule has 0 spiro atoms. The Balaban J connectivity index is 1.14.